The number of benzene rings is 2. The summed E-state index contributed by atoms with van der Waals surface area (Å²) in [6.07, 6.45) is 1.62. The van der Waals surface area contributed by atoms with E-state index < -0.39 is 16.0 Å². The summed E-state index contributed by atoms with van der Waals surface area (Å²) < 4.78 is 44.9. The van der Waals surface area contributed by atoms with Crippen molar-refractivity contribution in [2.45, 2.75) is 37.8 Å². The van der Waals surface area contributed by atoms with Gasteiger partial charge in [-0.05, 0) is 42.8 Å². The molecular formula is C23H27N3O6S. The molecular weight excluding hydrogens is 446 g/mol. The Morgan fingerprint density at radius 1 is 1.12 bits per heavy atom. The average molecular weight is 474 g/mol. The molecule has 1 aliphatic heterocycles. The van der Waals surface area contributed by atoms with Crippen molar-refractivity contribution in [2.24, 2.45) is 0 Å². The van der Waals surface area contributed by atoms with E-state index in [1.807, 2.05) is 11.5 Å². The Morgan fingerprint density at radius 3 is 2.61 bits per heavy atom. The number of sulfonamides is 1. The molecule has 0 amide bonds. The Bertz CT molecular complexity index is 1280. The molecule has 0 aliphatic carbocycles. The molecule has 0 unspecified atom stereocenters. The monoisotopic (exact) mass is 473 g/mol. The molecule has 4 rings (SSSR count). The normalized spacial score (nSPS) is 13.8. The van der Waals surface area contributed by atoms with Crippen LogP contribution in [0.1, 0.15) is 35.9 Å². The number of nitrogens with zero attached hydrogens (tertiary/aromatic N) is 3. The van der Waals surface area contributed by atoms with Crippen molar-refractivity contribution in [1.29, 1.82) is 0 Å². The van der Waals surface area contributed by atoms with Crippen molar-refractivity contribution < 1.29 is 27.4 Å². The van der Waals surface area contributed by atoms with E-state index in [9.17, 15) is 13.2 Å². The lowest BCUT2D eigenvalue weighted by Crippen LogP contribution is -2.22. The number of fused-ring (bicyclic) bond motifs is 2. The van der Waals surface area contributed by atoms with Gasteiger partial charge in [0.2, 0.25) is 10.0 Å². The van der Waals surface area contributed by atoms with Crippen LogP contribution in [0, 0.1) is 0 Å². The average Bonchev–Trinajstić information content (AvgIpc) is 2.97. The van der Waals surface area contributed by atoms with Gasteiger partial charge in [-0.25, -0.2) is 22.5 Å². The summed E-state index contributed by atoms with van der Waals surface area (Å²) in [5.74, 6) is 1.18. The highest BCUT2D eigenvalue weighted by Crippen LogP contribution is 2.31. The van der Waals surface area contributed by atoms with E-state index in [4.69, 9.17) is 14.2 Å². The maximum atomic E-state index is 12.7. The van der Waals surface area contributed by atoms with E-state index in [1.165, 1.54) is 14.1 Å². The number of carbonyl (C=O) groups is 1. The second-order valence-corrected chi connectivity index (χ2v) is 10.1. The maximum Gasteiger partial charge on any atom is 0.338 e. The SMILES string of the molecule is CCCn1c(COC(=O)c2ccc3c(c2)OCCCO3)nc2cc(S(=O)(=O)N(C)C)ccc21. The van der Waals surface area contributed by atoms with Crippen molar-refractivity contribution in [2.75, 3.05) is 27.3 Å². The first kappa shape index (κ1) is 23.1. The van der Waals surface area contributed by atoms with Gasteiger partial charge in [-0.15, -0.1) is 0 Å². The maximum absolute atomic E-state index is 12.7. The third-order valence-corrected chi connectivity index (χ3v) is 7.15. The van der Waals surface area contributed by atoms with Crippen LogP contribution in [-0.2, 0) is 27.9 Å². The fourth-order valence-electron chi connectivity index (χ4n) is 3.62. The lowest BCUT2D eigenvalue weighted by Gasteiger charge is -2.11. The number of carbonyl (C=O) groups excluding carboxylic acids is 1. The van der Waals surface area contributed by atoms with E-state index in [0.717, 1.165) is 22.7 Å². The number of hydrogen-bond donors (Lipinski definition) is 0. The van der Waals surface area contributed by atoms with Gasteiger partial charge in [-0.2, -0.15) is 0 Å². The van der Waals surface area contributed by atoms with Crippen LogP contribution >= 0.6 is 0 Å². The minimum absolute atomic E-state index is 0.0439. The minimum atomic E-state index is -3.58. The van der Waals surface area contributed by atoms with E-state index in [0.29, 0.717) is 48.2 Å². The molecule has 0 fully saturated rings. The third-order valence-electron chi connectivity index (χ3n) is 5.34. The highest BCUT2D eigenvalue weighted by atomic mass is 32.2. The second-order valence-electron chi connectivity index (χ2n) is 7.91. The van der Waals surface area contributed by atoms with Gasteiger partial charge in [0, 0.05) is 27.1 Å². The number of hydrogen-bond acceptors (Lipinski definition) is 7. The summed E-state index contributed by atoms with van der Waals surface area (Å²) >= 11 is 0. The summed E-state index contributed by atoms with van der Waals surface area (Å²) in [5.41, 5.74) is 1.68. The molecule has 1 aliphatic rings. The van der Waals surface area contributed by atoms with Crippen molar-refractivity contribution in [3.63, 3.8) is 0 Å². The Hall–Kier alpha value is -3.11. The summed E-state index contributed by atoms with van der Waals surface area (Å²) in [4.78, 5) is 17.4. The van der Waals surface area contributed by atoms with Gasteiger partial charge in [0.25, 0.3) is 0 Å². The number of aromatic nitrogens is 2. The van der Waals surface area contributed by atoms with E-state index in [2.05, 4.69) is 4.98 Å². The fraction of sp³-hybridized carbons (Fsp3) is 0.391. The number of ether oxygens (including phenoxy) is 3. The molecule has 0 radical (unpaired) electrons. The largest absolute Gasteiger partial charge is 0.490 e. The molecule has 10 heteroatoms. The van der Waals surface area contributed by atoms with Crippen molar-refractivity contribution in [3.8, 4) is 11.5 Å². The van der Waals surface area contributed by atoms with Crippen LogP contribution in [0.5, 0.6) is 11.5 Å². The van der Waals surface area contributed by atoms with Gasteiger partial charge in [-0.1, -0.05) is 6.92 Å². The quantitative estimate of drug-likeness (QED) is 0.486. The number of imidazole rings is 1. The van der Waals surface area contributed by atoms with Gasteiger partial charge in [0.1, 0.15) is 12.4 Å². The van der Waals surface area contributed by atoms with E-state index >= 15 is 0 Å². The molecule has 0 N–H and O–H groups in total. The molecule has 33 heavy (non-hydrogen) atoms. The number of esters is 1. The van der Waals surface area contributed by atoms with Crippen LogP contribution < -0.4 is 9.47 Å². The van der Waals surface area contributed by atoms with Crippen LogP contribution in [0.4, 0.5) is 0 Å². The van der Waals surface area contributed by atoms with Gasteiger partial charge in [0.15, 0.2) is 11.5 Å². The summed E-state index contributed by atoms with van der Waals surface area (Å²) in [5, 5.41) is 0. The van der Waals surface area contributed by atoms with Crippen LogP contribution in [0.2, 0.25) is 0 Å². The number of aryl methyl sites for hydroxylation is 1. The Kier molecular flexibility index (Phi) is 6.57. The predicted molar refractivity (Wildman–Crippen MR) is 122 cm³/mol. The molecule has 176 valence electrons. The highest BCUT2D eigenvalue weighted by molar-refractivity contribution is 7.89. The van der Waals surface area contributed by atoms with E-state index in [-0.39, 0.29) is 11.5 Å². The first-order valence-corrected chi connectivity index (χ1v) is 12.2. The highest BCUT2D eigenvalue weighted by Gasteiger charge is 2.21. The lowest BCUT2D eigenvalue weighted by molar-refractivity contribution is 0.0458. The zero-order valence-electron chi connectivity index (χ0n) is 18.9. The van der Waals surface area contributed by atoms with Crippen LogP contribution in [-0.4, -0.2) is 55.6 Å². The predicted octanol–water partition coefficient (Wildman–Crippen LogP) is 3.21. The van der Waals surface area contributed by atoms with Crippen LogP contribution in [0.25, 0.3) is 11.0 Å². The molecule has 2 aromatic carbocycles. The zero-order chi connectivity index (χ0) is 23.6. The topological polar surface area (TPSA) is 100.0 Å². The Labute approximate surface area is 192 Å². The lowest BCUT2D eigenvalue weighted by atomic mass is 10.2. The smallest absolute Gasteiger partial charge is 0.338 e. The Morgan fingerprint density at radius 2 is 1.88 bits per heavy atom. The van der Waals surface area contributed by atoms with Crippen molar-refractivity contribution in [1.82, 2.24) is 13.9 Å². The van der Waals surface area contributed by atoms with Crippen LogP contribution in [0.3, 0.4) is 0 Å². The minimum Gasteiger partial charge on any atom is -0.490 e. The van der Waals surface area contributed by atoms with Gasteiger partial charge in [-0.3, -0.25) is 0 Å². The van der Waals surface area contributed by atoms with E-state index in [1.54, 1.807) is 36.4 Å². The molecule has 3 aromatic rings. The molecule has 0 spiro atoms. The summed E-state index contributed by atoms with van der Waals surface area (Å²) in [7, 11) is -0.608. The summed E-state index contributed by atoms with van der Waals surface area (Å²) in [6, 6.07) is 9.82. The number of rotatable bonds is 7. The Balaban J connectivity index is 1.58. The molecule has 2 heterocycles. The van der Waals surface area contributed by atoms with Crippen molar-refractivity contribution in [3.05, 3.63) is 47.8 Å². The first-order valence-electron chi connectivity index (χ1n) is 10.8. The first-order chi connectivity index (χ1) is 15.8. The molecule has 0 saturated heterocycles. The van der Waals surface area contributed by atoms with Gasteiger partial charge >= 0.3 is 5.97 Å². The second kappa shape index (κ2) is 9.40. The molecule has 9 nitrogen and oxygen atoms in total. The van der Waals surface area contributed by atoms with Crippen LogP contribution in [0.15, 0.2) is 41.3 Å². The van der Waals surface area contributed by atoms with Gasteiger partial charge < -0.3 is 18.8 Å². The standard InChI is InChI=1S/C23H27N3O6S/c1-4-10-26-19-8-7-17(33(28,29)25(2)3)14-18(19)24-22(26)15-32-23(27)16-6-9-20-21(13-16)31-12-5-11-30-20/h6-9,13-14H,4-5,10-12,15H2,1-3H3. The molecule has 1 aromatic heterocycles. The third kappa shape index (κ3) is 4.67. The molecule has 0 saturated carbocycles. The fourth-order valence-corrected chi connectivity index (χ4v) is 4.54. The zero-order valence-corrected chi connectivity index (χ0v) is 19.7. The van der Waals surface area contributed by atoms with Gasteiger partial charge in [0.05, 0.1) is 34.7 Å². The molecule has 0 atom stereocenters. The van der Waals surface area contributed by atoms with Crippen molar-refractivity contribution >= 4 is 27.0 Å². The summed E-state index contributed by atoms with van der Waals surface area (Å²) in [6.45, 7) is 3.75. The molecule has 0 bridgehead atoms.